The lowest BCUT2D eigenvalue weighted by molar-refractivity contribution is -0.508. The predicted octanol–water partition coefficient (Wildman–Crippen LogP) is 1.25. The molecule has 2 rings (SSSR count). The molecule has 3 nitrogen and oxygen atoms in total. The van der Waals surface area contributed by atoms with E-state index in [9.17, 15) is 0 Å². The topological polar surface area (TPSA) is 18.6 Å². The third-order valence-electron chi connectivity index (χ3n) is 2.32. The van der Waals surface area contributed by atoms with Crippen molar-refractivity contribution in [3.8, 4) is 0 Å². The summed E-state index contributed by atoms with van der Waals surface area (Å²) in [4.78, 5) is 6.01. The third-order valence-corrected chi connectivity index (χ3v) is 2.78. The first kappa shape index (κ1) is 8.75. The van der Waals surface area contributed by atoms with Crippen LogP contribution in [0.5, 0.6) is 0 Å². The average molecular weight is 199 g/mol. The van der Waals surface area contributed by atoms with Gasteiger partial charge in [-0.25, -0.2) is 4.90 Å². The van der Waals surface area contributed by atoms with Crippen LogP contribution in [-0.4, -0.2) is 40.6 Å². The van der Waals surface area contributed by atoms with Crippen LogP contribution in [0, 0.1) is 0 Å². The first-order valence-corrected chi connectivity index (χ1v) is 4.98. The zero-order valence-corrected chi connectivity index (χ0v) is 8.24. The van der Waals surface area contributed by atoms with E-state index in [4.69, 9.17) is 11.6 Å². The van der Waals surface area contributed by atoms with Crippen molar-refractivity contribution in [2.75, 3.05) is 19.6 Å². The molecule has 2 heterocycles. The zero-order valence-electron chi connectivity index (χ0n) is 7.49. The van der Waals surface area contributed by atoms with Crippen LogP contribution in [0.25, 0.3) is 0 Å². The van der Waals surface area contributed by atoms with Gasteiger partial charge in [-0.1, -0.05) is 0 Å². The minimum atomic E-state index is 0.784. The Hall–Kier alpha value is -0.830. The van der Waals surface area contributed by atoms with E-state index in [1.807, 2.05) is 17.3 Å². The van der Waals surface area contributed by atoms with E-state index in [0.29, 0.717) is 0 Å². The summed E-state index contributed by atoms with van der Waals surface area (Å²) in [6, 6.07) is 0. The molecule has 0 aromatic heterocycles. The number of hydrogen-bond donors (Lipinski definition) is 0. The maximum atomic E-state index is 6.22. The molecule has 2 aliphatic rings. The van der Waals surface area contributed by atoms with Gasteiger partial charge in [-0.15, -0.1) is 0 Å². The molecule has 1 saturated heterocycles. The molecule has 0 radical (unpaired) electrons. The number of nitrogens with zero attached hydrogens (tertiary/aromatic N) is 3. The van der Waals surface area contributed by atoms with Crippen molar-refractivity contribution >= 4 is 23.1 Å². The van der Waals surface area contributed by atoms with Crippen LogP contribution in [0.1, 0.15) is 12.8 Å². The highest BCUT2D eigenvalue weighted by Gasteiger charge is 2.21. The lowest BCUT2D eigenvalue weighted by Gasteiger charge is -2.12. The minimum Gasteiger partial charge on any atom is -0.261 e. The molecule has 1 fully saturated rings. The van der Waals surface area contributed by atoms with E-state index in [1.54, 1.807) is 6.20 Å². The van der Waals surface area contributed by atoms with Gasteiger partial charge in [-0.05, 0) is 12.8 Å². The summed E-state index contributed by atoms with van der Waals surface area (Å²) in [5, 5.41) is 0.833. The predicted molar refractivity (Wildman–Crippen MR) is 54.4 cm³/mol. The van der Waals surface area contributed by atoms with Crippen molar-refractivity contribution in [1.29, 1.82) is 0 Å². The van der Waals surface area contributed by atoms with Crippen molar-refractivity contribution in [2.24, 2.45) is 4.99 Å². The molecule has 0 spiro atoms. The fraction of sp³-hybridized carbons (Fsp3) is 0.556. The highest BCUT2D eigenvalue weighted by Crippen LogP contribution is 2.07. The second-order valence-corrected chi connectivity index (χ2v) is 3.58. The summed E-state index contributed by atoms with van der Waals surface area (Å²) in [5.41, 5.74) is 0. The summed E-state index contributed by atoms with van der Waals surface area (Å²) < 4.78 is 2.21. The van der Waals surface area contributed by atoms with Gasteiger partial charge >= 0.3 is 5.29 Å². The Morgan fingerprint density at radius 1 is 1.38 bits per heavy atom. The first-order chi connectivity index (χ1) is 6.38. The van der Waals surface area contributed by atoms with Gasteiger partial charge < -0.3 is 0 Å². The number of amidine groups is 1. The molecule has 4 heteroatoms. The Labute approximate surface area is 83.0 Å². The number of hydrogen-bond acceptors (Lipinski definition) is 1. The van der Waals surface area contributed by atoms with Crippen molar-refractivity contribution in [1.82, 2.24) is 4.90 Å². The summed E-state index contributed by atoms with van der Waals surface area (Å²) in [5.74, 6) is 0. The molecule has 0 aromatic rings. The summed E-state index contributed by atoms with van der Waals surface area (Å²) in [6.07, 6.45) is 8.05. The largest absolute Gasteiger partial charge is 0.350 e. The van der Waals surface area contributed by atoms with Crippen LogP contribution in [0.4, 0.5) is 0 Å². The normalized spacial score (nSPS) is 21.3. The molecule has 13 heavy (non-hydrogen) atoms. The van der Waals surface area contributed by atoms with Gasteiger partial charge in [0.25, 0.3) is 0 Å². The lowest BCUT2D eigenvalue weighted by Crippen LogP contribution is -2.32. The van der Waals surface area contributed by atoms with Crippen LogP contribution in [0.3, 0.4) is 0 Å². The number of halogens is 1. The molecular formula is C9H13ClN3+. The fourth-order valence-electron chi connectivity index (χ4n) is 1.60. The van der Waals surface area contributed by atoms with Crippen molar-refractivity contribution < 1.29 is 4.58 Å². The monoisotopic (exact) mass is 198 g/mol. The van der Waals surface area contributed by atoms with E-state index in [1.165, 1.54) is 12.8 Å². The van der Waals surface area contributed by atoms with Gasteiger partial charge in [0.1, 0.15) is 12.7 Å². The Kier molecular flexibility index (Phi) is 2.64. The van der Waals surface area contributed by atoms with Crippen molar-refractivity contribution in [2.45, 2.75) is 12.8 Å². The molecule has 0 atom stereocenters. The van der Waals surface area contributed by atoms with E-state index in [0.717, 1.165) is 24.9 Å². The quantitative estimate of drug-likeness (QED) is 0.326. The van der Waals surface area contributed by atoms with Gasteiger partial charge in [-0.2, -0.15) is 0 Å². The maximum Gasteiger partial charge on any atom is 0.350 e. The molecule has 0 aliphatic carbocycles. The smallest absolute Gasteiger partial charge is 0.261 e. The molecule has 0 saturated carbocycles. The molecule has 70 valence electrons. The van der Waals surface area contributed by atoms with Crippen LogP contribution in [0.2, 0.25) is 0 Å². The van der Waals surface area contributed by atoms with E-state index >= 15 is 0 Å². The molecule has 0 amide bonds. The Bertz CT molecular complexity index is 273. The Morgan fingerprint density at radius 3 is 2.77 bits per heavy atom. The first-order valence-electron chi connectivity index (χ1n) is 4.60. The lowest BCUT2D eigenvalue weighted by atomic mass is 10.4. The second-order valence-electron chi connectivity index (χ2n) is 3.25. The molecule has 2 aliphatic heterocycles. The summed E-state index contributed by atoms with van der Waals surface area (Å²) >= 11 is 6.22. The standard InChI is InChI=1S/C9H13ClN3/c10-9(12-5-1-2-6-12)13-7-3-11-4-8-13/h3-4,7H,1-2,5-6,8H2/q+1. The maximum absolute atomic E-state index is 6.22. The van der Waals surface area contributed by atoms with Gasteiger partial charge in [0.2, 0.25) is 0 Å². The minimum absolute atomic E-state index is 0.784. The fourth-order valence-corrected chi connectivity index (χ4v) is 1.89. The van der Waals surface area contributed by atoms with Crippen LogP contribution >= 0.6 is 11.6 Å². The molecule has 0 N–H and O–H groups in total. The highest BCUT2D eigenvalue weighted by molar-refractivity contribution is 6.63. The van der Waals surface area contributed by atoms with Crippen LogP contribution < -0.4 is 0 Å². The second kappa shape index (κ2) is 3.92. The molecule has 0 aromatic carbocycles. The van der Waals surface area contributed by atoms with Crippen molar-refractivity contribution in [3.05, 3.63) is 12.4 Å². The average Bonchev–Trinajstić information content (AvgIpc) is 2.71. The number of aliphatic imine (C=N–C) groups is 1. The van der Waals surface area contributed by atoms with Crippen molar-refractivity contribution in [3.63, 3.8) is 0 Å². The van der Waals surface area contributed by atoms with Gasteiger partial charge in [0.15, 0.2) is 0 Å². The van der Waals surface area contributed by atoms with Gasteiger partial charge in [0, 0.05) is 17.8 Å². The molecule has 0 unspecified atom stereocenters. The third kappa shape index (κ3) is 1.91. The van der Waals surface area contributed by atoms with E-state index < -0.39 is 0 Å². The number of rotatable bonds is 0. The molecular weight excluding hydrogens is 186 g/mol. The van der Waals surface area contributed by atoms with Crippen LogP contribution in [0.15, 0.2) is 17.4 Å². The molecule has 0 bridgehead atoms. The summed E-state index contributed by atoms with van der Waals surface area (Å²) in [7, 11) is 0. The van der Waals surface area contributed by atoms with E-state index in [2.05, 4.69) is 9.57 Å². The van der Waals surface area contributed by atoms with E-state index in [-0.39, 0.29) is 0 Å². The SMILES string of the molecule is ClC(N1C=CN=CC1)=[N+]1CCCC1. The highest BCUT2D eigenvalue weighted by atomic mass is 35.5. The van der Waals surface area contributed by atoms with Gasteiger partial charge in [0.05, 0.1) is 19.3 Å². The Morgan fingerprint density at radius 2 is 2.15 bits per heavy atom. The zero-order chi connectivity index (χ0) is 9.10. The summed E-state index contributed by atoms with van der Waals surface area (Å²) in [6.45, 7) is 2.95. The Balaban J connectivity index is 2.11. The van der Waals surface area contributed by atoms with Crippen LogP contribution in [-0.2, 0) is 0 Å². The van der Waals surface area contributed by atoms with Gasteiger partial charge in [-0.3, -0.25) is 9.57 Å².